The highest BCUT2D eigenvalue weighted by Crippen LogP contribution is 2.23. The zero-order valence-corrected chi connectivity index (χ0v) is 12.5. The van der Waals surface area contributed by atoms with Gasteiger partial charge in [-0.1, -0.05) is 32.0 Å². The molecule has 4 heteroatoms. The average molecular weight is 277 g/mol. The lowest BCUT2D eigenvalue weighted by atomic mass is 10.00. The predicted octanol–water partition coefficient (Wildman–Crippen LogP) is 2.81. The third-order valence-electron chi connectivity index (χ3n) is 3.08. The van der Waals surface area contributed by atoms with Crippen LogP contribution in [0.5, 0.6) is 0 Å². The van der Waals surface area contributed by atoms with Crippen molar-refractivity contribution in [2.24, 2.45) is 0 Å². The molecule has 0 saturated carbocycles. The number of hydrogen-bond acceptors (Lipinski definition) is 4. The molecule has 1 fully saturated rings. The number of ether oxygens (including phenoxy) is 1. The molecule has 0 amide bonds. The van der Waals surface area contributed by atoms with E-state index in [0.717, 1.165) is 5.69 Å². The Hall–Kier alpha value is -1.84. The van der Waals surface area contributed by atoms with Gasteiger partial charge in [-0.3, -0.25) is 4.79 Å². The lowest BCUT2D eigenvalue weighted by molar-refractivity contribution is -0.146. The van der Waals surface area contributed by atoms with Gasteiger partial charge in [-0.2, -0.15) is 0 Å². The maximum absolute atomic E-state index is 11.9. The molecule has 0 spiro atoms. The monoisotopic (exact) mass is 277 g/mol. The van der Waals surface area contributed by atoms with Crippen LogP contribution in [0, 0.1) is 0 Å². The molecule has 1 aromatic carbocycles. The van der Waals surface area contributed by atoms with Gasteiger partial charge >= 0.3 is 5.97 Å². The second-order valence-electron chi connectivity index (χ2n) is 4.29. The van der Waals surface area contributed by atoms with Gasteiger partial charge in [0.1, 0.15) is 11.8 Å². The highest BCUT2D eigenvalue weighted by Gasteiger charge is 2.33. The van der Waals surface area contributed by atoms with E-state index in [-0.39, 0.29) is 18.2 Å². The van der Waals surface area contributed by atoms with Gasteiger partial charge in [0.05, 0.1) is 6.61 Å². The van der Waals surface area contributed by atoms with E-state index in [9.17, 15) is 9.59 Å². The van der Waals surface area contributed by atoms with Crippen molar-refractivity contribution in [3.8, 4) is 0 Å². The van der Waals surface area contributed by atoms with E-state index in [1.165, 1.54) is 0 Å². The zero-order valence-electron chi connectivity index (χ0n) is 12.5. The van der Waals surface area contributed by atoms with E-state index in [0.29, 0.717) is 19.6 Å². The van der Waals surface area contributed by atoms with Crippen molar-refractivity contribution in [3.05, 3.63) is 30.3 Å². The molecule has 2 rings (SSSR count). The molecule has 4 nitrogen and oxygen atoms in total. The number of benzene rings is 1. The molecule has 0 bridgehead atoms. The molecule has 1 heterocycles. The SMILES string of the molecule is CC.CCOC(=O)C1CC(=O)CCN1c1ccccc1. The Labute approximate surface area is 120 Å². The zero-order chi connectivity index (χ0) is 15.0. The standard InChI is InChI=1S/C14H17NO3.C2H6/c1-2-18-14(17)13-10-12(16)8-9-15(13)11-6-4-3-5-7-11;1-2/h3-7,13H,2,8-10H2,1H3;1-2H3. The van der Waals surface area contributed by atoms with Crippen LogP contribution >= 0.6 is 0 Å². The highest BCUT2D eigenvalue weighted by molar-refractivity contribution is 5.91. The number of para-hydroxylation sites is 1. The Morgan fingerprint density at radius 1 is 1.30 bits per heavy atom. The highest BCUT2D eigenvalue weighted by atomic mass is 16.5. The Morgan fingerprint density at radius 2 is 1.95 bits per heavy atom. The molecule has 1 aliphatic heterocycles. The quantitative estimate of drug-likeness (QED) is 0.797. The molecule has 0 aliphatic carbocycles. The van der Waals surface area contributed by atoms with Gasteiger partial charge in [0.25, 0.3) is 0 Å². The van der Waals surface area contributed by atoms with Gasteiger partial charge < -0.3 is 9.64 Å². The number of nitrogens with zero attached hydrogens (tertiary/aromatic N) is 1. The fraction of sp³-hybridized carbons (Fsp3) is 0.500. The van der Waals surface area contributed by atoms with Gasteiger partial charge in [-0.25, -0.2) is 4.79 Å². The minimum atomic E-state index is -0.478. The van der Waals surface area contributed by atoms with Gasteiger partial charge in [0.15, 0.2) is 0 Å². The van der Waals surface area contributed by atoms with Crippen LogP contribution in [0.4, 0.5) is 5.69 Å². The Bertz CT molecular complexity index is 431. The summed E-state index contributed by atoms with van der Waals surface area (Å²) in [6.45, 7) is 6.69. The molecule has 0 aromatic heterocycles. The van der Waals surface area contributed by atoms with E-state index in [4.69, 9.17) is 4.74 Å². The molecule has 20 heavy (non-hydrogen) atoms. The fourth-order valence-electron chi connectivity index (χ4n) is 2.21. The number of ketones is 1. The summed E-state index contributed by atoms with van der Waals surface area (Å²) in [5, 5.41) is 0. The van der Waals surface area contributed by atoms with E-state index < -0.39 is 6.04 Å². The summed E-state index contributed by atoms with van der Waals surface area (Å²) < 4.78 is 5.05. The molecule has 110 valence electrons. The third-order valence-corrected chi connectivity index (χ3v) is 3.08. The van der Waals surface area contributed by atoms with Crippen molar-refractivity contribution in [1.82, 2.24) is 0 Å². The van der Waals surface area contributed by atoms with E-state index in [1.54, 1.807) is 6.92 Å². The molecule has 0 N–H and O–H groups in total. The number of carbonyl (C=O) groups is 2. The first kappa shape index (κ1) is 16.2. The molecule has 1 saturated heterocycles. The van der Waals surface area contributed by atoms with Crippen LogP contribution in [-0.2, 0) is 14.3 Å². The number of piperidine rings is 1. The number of hydrogen-bond donors (Lipinski definition) is 0. The lowest BCUT2D eigenvalue weighted by Crippen LogP contribution is -2.48. The summed E-state index contributed by atoms with van der Waals surface area (Å²) in [5.41, 5.74) is 0.961. The molecule has 1 aliphatic rings. The van der Waals surface area contributed by atoms with E-state index in [2.05, 4.69) is 0 Å². The first-order valence-corrected chi connectivity index (χ1v) is 7.22. The minimum Gasteiger partial charge on any atom is -0.464 e. The number of carbonyl (C=O) groups excluding carboxylic acids is 2. The van der Waals surface area contributed by atoms with Crippen LogP contribution in [0.3, 0.4) is 0 Å². The summed E-state index contributed by atoms with van der Waals surface area (Å²) in [6, 6.07) is 9.19. The summed E-state index contributed by atoms with van der Waals surface area (Å²) in [6.07, 6.45) is 0.735. The first-order valence-electron chi connectivity index (χ1n) is 7.22. The molecule has 1 atom stereocenters. The van der Waals surface area contributed by atoms with E-state index >= 15 is 0 Å². The molecular formula is C16H23NO3. The second-order valence-corrected chi connectivity index (χ2v) is 4.29. The maximum Gasteiger partial charge on any atom is 0.329 e. The van der Waals surface area contributed by atoms with Gasteiger partial charge in [-0.15, -0.1) is 0 Å². The normalized spacial score (nSPS) is 18.1. The van der Waals surface area contributed by atoms with Crippen LogP contribution in [0.15, 0.2) is 30.3 Å². The molecule has 1 aromatic rings. The molecule has 1 unspecified atom stereocenters. The van der Waals surface area contributed by atoms with Crippen LogP contribution in [-0.4, -0.2) is 30.9 Å². The third kappa shape index (κ3) is 4.08. The molecule has 0 radical (unpaired) electrons. The van der Waals surface area contributed by atoms with Crippen LogP contribution < -0.4 is 4.90 Å². The Balaban J connectivity index is 0.000000956. The van der Waals surface area contributed by atoms with Crippen LogP contribution in [0.2, 0.25) is 0 Å². The van der Waals surface area contributed by atoms with E-state index in [1.807, 2.05) is 49.1 Å². The van der Waals surface area contributed by atoms with Crippen LogP contribution in [0.25, 0.3) is 0 Å². The number of esters is 1. The average Bonchev–Trinajstić information content (AvgIpc) is 2.50. The smallest absolute Gasteiger partial charge is 0.329 e. The lowest BCUT2D eigenvalue weighted by Gasteiger charge is -2.35. The van der Waals surface area contributed by atoms with Crippen molar-refractivity contribution in [2.45, 2.75) is 39.7 Å². The van der Waals surface area contributed by atoms with Crippen molar-refractivity contribution >= 4 is 17.4 Å². The summed E-state index contributed by atoms with van der Waals surface area (Å²) in [4.78, 5) is 25.4. The van der Waals surface area contributed by atoms with Crippen molar-refractivity contribution in [2.75, 3.05) is 18.1 Å². The number of anilines is 1. The van der Waals surface area contributed by atoms with Gasteiger partial charge in [0.2, 0.25) is 0 Å². The number of Topliss-reactive ketones (excluding diaryl/α,β-unsaturated/α-hetero) is 1. The molecular weight excluding hydrogens is 254 g/mol. The Kier molecular flexibility index (Phi) is 6.77. The Morgan fingerprint density at radius 3 is 2.55 bits per heavy atom. The van der Waals surface area contributed by atoms with Crippen molar-refractivity contribution in [3.63, 3.8) is 0 Å². The minimum absolute atomic E-state index is 0.125. The summed E-state index contributed by atoms with van der Waals surface area (Å²) >= 11 is 0. The summed E-state index contributed by atoms with van der Waals surface area (Å²) in [7, 11) is 0. The maximum atomic E-state index is 11.9. The van der Waals surface area contributed by atoms with Crippen molar-refractivity contribution in [1.29, 1.82) is 0 Å². The largest absolute Gasteiger partial charge is 0.464 e. The van der Waals surface area contributed by atoms with Gasteiger partial charge in [-0.05, 0) is 19.1 Å². The second kappa shape index (κ2) is 8.35. The van der Waals surface area contributed by atoms with Crippen LogP contribution in [0.1, 0.15) is 33.6 Å². The predicted molar refractivity (Wildman–Crippen MR) is 79.8 cm³/mol. The fourth-order valence-corrected chi connectivity index (χ4v) is 2.21. The number of rotatable bonds is 3. The van der Waals surface area contributed by atoms with Crippen molar-refractivity contribution < 1.29 is 14.3 Å². The van der Waals surface area contributed by atoms with Gasteiger partial charge in [0, 0.05) is 25.1 Å². The first-order chi connectivity index (χ1) is 9.72. The summed E-state index contributed by atoms with van der Waals surface area (Å²) in [5.74, 6) is -0.186. The topological polar surface area (TPSA) is 46.6 Å².